The average Bonchev–Trinajstić information content (AvgIpc) is 3.42. The topological polar surface area (TPSA) is 91.1 Å². The van der Waals surface area contributed by atoms with Crippen LogP contribution >= 0.6 is 23.1 Å². The first-order valence-electron chi connectivity index (χ1n) is 11.8. The van der Waals surface area contributed by atoms with Crippen LogP contribution in [0, 0.1) is 11.3 Å². The summed E-state index contributed by atoms with van der Waals surface area (Å²) in [4.78, 5) is 5.87. The molecule has 0 unspecified atom stereocenters. The fourth-order valence-electron chi connectivity index (χ4n) is 3.87. The van der Waals surface area contributed by atoms with Crippen molar-refractivity contribution in [2.24, 2.45) is 0 Å². The van der Waals surface area contributed by atoms with E-state index in [4.69, 9.17) is 4.98 Å². The number of thiophene rings is 1. The number of hydrogen-bond acceptors (Lipinski definition) is 7. The summed E-state index contributed by atoms with van der Waals surface area (Å²) < 4.78 is 25.9. The maximum absolute atomic E-state index is 13.0. The highest BCUT2D eigenvalue weighted by Gasteiger charge is 2.23. The Morgan fingerprint density at radius 2 is 1.76 bits per heavy atom. The average molecular weight is 549 g/mol. The van der Waals surface area contributed by atoms with Crippen LogP contribution in [0.4, 0.5) is 0 Å². The van der Waals surface area contributed by atoms with Gasteiger partial charge in [-0.15, -0.1) is 23.1 Å². The number of nitrogens with zero attached hydrogens (tertiary/aromatic N) is 2. The Balaban J connectivity index is 1.57. The molecule has 5 nitrogen and oxygen atoms in total. The van der Waals surface area contributed by atoms with Gasteiger partial charge in [-0.2, -0.15) is 5.26 Å². The van der Waals surface area contributed by atoms with Crippen LogP contribution in [0.15, 0.2) is 88.1 Å². The number of aliphatic hydroxyl groups is 1. The number of thioether (sulfide) groups is 1. The minimum atomic E-state index is -3.68. The molecule has 0 saturated heterocycles. The lowest BCUT2D eigenvalue weighted by Crippen LogP contribution is -2.23. The molecule has 4 rings (SSSR count). The van der Waals surface area contributed by atoms with E-state index in [-0.39, 0.29) is 16.1 Å². The molecule has 37 heavy (non-hydrogen) atoms. The van der Waals surface area contributed by atoms with Crippen molar-refractivity contribution in [2.75, 3.05) is 11.5 Å². The number of pyridine rings is 1. The zero-order valence-electron chi connectivity index (χ0n) is 20.9. The van der Waals surface area contributed by atoms with Gasteiger partial charge in [-0.1, -0.05) is 69.3 Å². The standard InChI is InChI=1S/C29H28N2O3S3/c1-29(2,3)21-11-13-23(14-12-21)37(33,34)19-22(32)18-36-28-25(17-30)24(20-8-5-4-6-9-20)16-26(31-28)27-10-7-15-35-27/h4-16,22,32H,18-19H2,1-3H3/t22-/m0/s1. The first kappa shape index (κ1) is 27.1. The molecule has 8 heteroatoms. The first-order chi connectivity index (χ1) is 17.6. The Morgan fingerprint density at radius 1 is 1.05 bits per heavy atom. The van der Waals surface area contributed by atoms with Crippen molar-refractivity contribution in [2.45, 2.75) is 42.2 Å². The quantitative estimate of drug-likeness (QED) is 0.250. The van der Waals surface area contributed by atoms with Crippen molar-refractivity contribution in [3.63, 3.8) is 0 Å². The lowest BCUT2D eigenvalue weighted by atomic mass is 9.87. The number of rotatable bonds is 8. The van der Waals surface area contributed by atoms with Gasteiger partial charge < -0.3 is 5.11 Å². The van der Waals surface area contributed by atoms with Crippen LogP contribution in [0.2, 0.25) is 0 Å². The second kappa shape index (κ2) is 11.2. The zero-order chi connectivity index (χ0) is 26.6. The lowest BCUT2D eigenvalue weighted by molar-refractivity contribution is 0.222. The van der Waals surface area contributed by atoms with Gasteiger partial charge in [0.2, 0.25) is 0 Å². The van der Waals surface area contributed by atoms with E-state index in [1.807, 2.05) is 66.0 Å². The van der Waals surface area contributed by atoms with E-state index in [1.54, 1.807) is 23.5 Å². The Kier molecular flexibility index (Phi) is 8.20. The summed E-state index contributed by atoms with van der Waals surface area (Å²) in [6.45, 7) is 6.20. The molecular formula is C29H28N2O3S3. The fraction of sp³-hybridized carbons (Fsp3) is 0.241. The van der Waals surface area contributed by atoms with Crippen molar-refractivity contribution in [3.8, 4) is 27.8 Å². The van der Waals surface area contributed by atoms with Gasteiger partial charge in [0.25, 0.3) is 0 Å². The minimum Gasteiger partial charge on any atom is -0.391 e. The van der Waals surface area contributed by atoms with Crippen molar-refractivity contribution in [1.82, 2.24) is 4.98 Å². The van der Waals surface area contributed by atoms with E-state index in [1.165, 1.54) is 11.8 Å². The molecule has 2 aromatic carbocycles. The van der Waals surface area contributed by atoms with Gasteiger partial charge >= 0.3 is 0 Å². The molecule has 190 valence electrons. The van der Waals surface area contributed by atoms with Crippen molar-refractivity contribution in [3.05, 3.63) is 89.3 Å². The number of aliphatic hydroxyl groups excluding tert-OH is 1. The number of benzene rings is 2. The second-order valence-corrected chi connectivity index (χ2v) is 13.7. The predicted molar refractivity (Wildman–Crippen MR) is 152 cm³/mol. The molecule has 0 spiro atoms. The highest BCUT2D eigenvalue weighted by Crippen LogP contribution is 2.35. The molecule has 0 aliphatic carbocycles. The zero-order valence-corrected chi connectivity index (χ0v) is 23.3. The SMILES string of the molecule is CC(C)(C)c1ccc(S(=O)(=O)C[C@@H](O)CSc2nc(-c3cccs3)cc(-c3ccccc3)c2C#N)cc1. The van der Waals surface area contributed by atoms with Crippen LogP contribution in [-0.2, 0) is 15.3 Å². The van der Waals surface area contributed by atoms with Gasteiger partial charge in [0.1, 0.15) is 11.1 Å². The molecule has 0 saturated carbocycles. The molecule has 1 N–H and O–H groups in total. The molecule has 2 aromatic heterocycles. The van der Waals surface area contributed by atoms with Gasteiger partial charge in [-0.25, -0.2) is 13.4 Å². The third-order valence-electron chi connectivity index (χ3n) is 5.86. The number of hydrogen-bond donors (Lipinski definition) is 1. The summed E-state index contributed by atoms with van der Waals surface area (Å²) in [7, 11) is -3.68. The summed E-state index contributed by atoms with van der Waals surface area (Å²) in [6, 6.07) is 24.5. The van der Waals surface area contributed by atoms with Crippen LogP contribution < -0.4 is 0 Å². The van der Waals surface area contributed by atoms with E-state index in [2.05, 4.69) is 26.8 Å². The van der Waals surface area contributed by atoms with E-state index in [0.717, 1.165) is 27.3 Å². The molecule has 0 aliphatic heterocycles. The smallest absolute Gasteiger partial charge is 0.180 e. The van der Waals surface area contributed by atoms with Gasteiger partial charge in [-0.05, 0) is 46.2 Å². The largest absolute Gasteiger partial charge is 0.391 e. The summed E-state index contributed by atoms with van der Waals surface area (Å²) in [6.07, 6.45) is -1.13. The van der Waals surface area contributed by atoms with E-state index < -0.39 is 21.7 Å². The molecule has 0 aliphatic rings. The van der Waals surface area contributed by atoms with Crippen LogP contribution in [-0.4, -0.2) is 36.1 Å². The molecule has 2 heterocycles. The third kappa shape index (κ3) is 6.49. The second-order valence-electron chi connectivity index (χ2n) is 9.71. The summed E-state index contributed by atoms with van der Waals surface area (Å²) >= 11 is 2.75. The molecular weight excluding hydrogens is 521 g/mol. The first-order valence-corrected chi connectivity index (χ1v) is 15.3. The maximum atomic E-state index is 13.0. The van der Waals surface area contributed by atoms with Crippen LogP contribution in [0.25, 0.3) is 21.7 Å². The van der Waals surface area contributed by atoms with E-state index in [0.29, 0.717) is 10.6 Å². The number of aromatic nitrogens is 1. The molecule has 0 bridgehead atoms. The van der Waals surface area contributed by atoms with Gasteiger partial charge in [-0.3, -0.25) is 0 Å². The Labute approximate surface area is 226 Å². The lowest BCUT2D eigenvalue weighted by Gasteiger charge is -2.19. The summed E-state index contributed by atoms with van der Waals surface area (Å²) in [5.41, 5.74) is 3.74. The van der Waals surface area contributed by atoms with Gasteiger partial charge in [0.05, 0.1) is 32.9 Å². The molecule has 4 aromatic rings. The van der Waals surface area contributed by atoms with Crippen LogP contribution in [0.1, 0.15) is 31.9 Å². The molecule has 0 radical (unpaired) electrons. The number of sulfone groups is 1. The molecule has 0 amide bonds. The van der Waals surface area contributed by atoms with Crippen LogP contribution in [0.3, 0.4) is 0 Å². The summed E-state index contributed by atoms with van der Waals surface area (Å²) in [5, 5.41) is 23.1. The number of nitriles is 1. The fourth-order valence-corrected chi connectivity index (χ4v) is 7.00. The van der Waals surface area contributed by atoms with Gasteiger partial charge in [0.15, 0.2) is 9.84 Å². The van der Waals surface area contributed by atoms with E-state index in [9.17, 15) is 18.8 Å². The van der Waals surface area contributed by atoms with Crippen molar-refractivity contribution >= 4 is 32.9 Å². The molecule has 1 atom stereocenters. The molecule has 0 fully saturated rings. The Bertz CT molecular complexity index is 1500. The Morgan fingerprint density at radius 3 is 2.35 bits per heavy atom. The van der Waals surface area contributed by atoms with Crippen molar-refractivity contribution in [1.29, 1.82) is 5.26 Å². The van der Waals surface area contributed by atoms with E-state index >= 15 is 0 Å². The van der Waals surface area contributed by atoms with Gasteiger partial charge in [0, 0.05) is 11.3 Å². The monoisotopic (exact) mass is 548 g/mol. The van der Waals surface area contributed by atoms with Crippen molar-refractivity contribution < 1.29 is 13.5 Å². The maximum Gasteiger partial charge on any atom is 0.180 e. The Hall–Kier alpha value is -2.96. The highest BCUT2D eigenvalue weighted by atomic mass is 32.2. The third-order valence-corrected chi connectivity index (χ3v) is 9.69. The summed E-state index contributed by atoms with van der Waals surface area (Å²) in [5.74, 6) is -0.323. The van der Waals surface area contributed by atoms with Crippen LogP contribution in [0.5, 0.6) is 0 Å². The predicted octanol–water partition coefficient (Wildman–Crippen LogP) is 6.57. The highest BCUT2D eigenvalue weighted by molar-refractivity contribution is 7.99. The minimum absolute atomic E-state index is 0.0832. The normalized spacial score (nSPS) is 12.7.